The van der Waals surface area contributed by atoms with Gasteiger partial charge in [-0.15, -0.1) is 11.3 Å². The number of anilines is 1. The summed E-state index contributed by atoms with van der Waals surface area (Å²) in [5, 5.41) is 2.09. The van der Waals surface area contributed by atoms with Crippen molar-refractivity contribution >= 4 is 33.1 Å². The van der Waals surface area contributed by atoms with E-state index in [0.29, 0.717) is 19.6 Å². The Balaban J connectivity index is 1.36. The number of para-hydroxylation sites is 2. The second-order valence-corrected chi connectivity index (χ2v) is 8.67. The van der Waals surface area contributed by atoms with Crippen LogP contribution in [0.4, 0.5) is 5.69 Å². The number of hydrogen-bond acceptors (Lipinski definition) is 4. The molecule has 1 aliphatic rings. The van der Waals surface area contributed by atoms with Crippen molar-refractivity contribution in [3.05, 3.63) is 83.4 Å². The summed E-state index contributed by atoms with van der Waals surface area (Å²) >= 11 is 1.68. The summed E-state index contributed by atoms with van der Waals surface area (Å²) < 4.78 is 8.84. The Morgan fingerprint density at radius 3 is 2.48 bits per heavy atom. The van der Waals surface area contributed by atoms with Crippen molar-refractivity contribution in [1.29, 1.82) is 0 Å². The highest BCUT2D eigenvalue weighted by atomic mass is 32.1. The molecule has 0 N–H and O–H groups in total. The first-order chi connectivity index (χ1) is 15.2. The molecule has 0 spiro atoms. The number of piperazine rings is 1. The van der Waals surface area contributed by atoms with Crippen LogP contribution in [0.3, 0.4) is 0 Å². The van der Waals surface area contributed by atoms with Crippen LogP contribution >= 0.6 is 11.3 Å². The number of ether oxygens (including phenoxy) is 1. The van der Waals surface area contributed by atoms with E-state index in [1.807, 2.05) is 41.3 Å². The van der Waals surface area contributed by atoms with E-state index in [1.165, 1.54) is 5.56 Å². The Bertz CT molecular complexity index is 1190. The zero-order valence-corrected chi connectivity index (χ0v) is 18.3. The van der Waals surface area contributed by atoms with Crippen LogP contribution in [0.1, 0.15) is 16.1 Å². The van der Waals surface area contributed by atoms with Crippen LogP contribution < -0.4 is 9.64 Å². The average molecular weight is 432 g/mol. The molecule has 0 unspecified atom stereocenters. The van der Waals surface area contributed by atoms with Gasteiger partial charge in [-0.05, 0) is 35.2 Å². The van der Waals surface area contributed by atoms with Gasteiger partial charge < -0.3 is 19.1 Å². The summed E-state index contributed by atoms with van der Waals surface area (Å²) in [5.74, 6) is 0.984. The fourth-order valence-electron chi connectivity index (χ4n) is 4.29. The zero-order chi connectivity index (χ0) is 21.2. The number of hydrogen-bond donors (Lipinski definition) is 0. The van der Waals surface area contributed by atoms with Gasteiger partial charge in [0, 0.05) is 32.7 Å². The first-order valence-electron chi connectivity index (χ1n) is 10.5. The summed E-state index contributed by atoms with van der Waals surface area (Å²) in [7, 11) is 1.70. The van der Waals surface area contributed by atoms with Crippen LogP contribution in [0.2, 0.25) is 0 Å². The number of methoxy groups -OCH3 is 1. The van der Waals surface area contributed by atoms with E-state index in [0.717, 1.165) is 40.4 Å². The maximum Gasteiger partial charge on any atom is 0.270 e. The molecule has 158 valence electrons. The SMILES string of the molecule is COc1ccccc1N1CCN(C(=O)c2cc3sccc3n2Cc2ccccc2)CC1. The number of thiophene rings is 1. The second kappa shape index (κ2) is 8.47. The van der Waals surface area contributed by atoms with E-state index in [4.69, 9.17) is 4.74 Å². The van der Waals surface area contributed by atoms with Crippen LogP contribution in [0, 0.1) is 0 Å². The predicted molar refractivity (Wildman–Crippen MR) is 126 cm³/mol. The lowest BCUT2D eigenvalue weighted by molar-refractivity contribution is 0.0737. The third-order valence-electron chi connectivity index (χ3n) is 5.92. The molecular weight excluding hydrogens is 406 g/mol. The van der Waals surface area contributed by atoms with Crippen molar-refractivity contribution in [2.45, 2.75) is 6.54 Å². The molecule has 3 heterocycles. The minimum atomic E-state index is 0.110. The second-order valence-electron chi connectivity index (χ2n) is 7.72. The van der Waals surface area contributed by atoms with E-state index in [9.17, 15) is 4.79 Å². The highest BCUT2D eigenvalue weighted by molar-refractivity contribution is 7.17. The van der Waals surface area contributed by atoms with Crippen LogP contribution in [-0.4, -0.2) is 48.7 Å². The Kier molecular flexibility index (Phi) is 5.38. The van der Waals surface area contributed by atoms with Crippen molar-refractivity contribution in [2.75, 3.05) is 38.2 Å². The standard InChI is InChI=1S/C25H25N3O2S/c1-30-23-10-6-5-9-20(23)26-12-14-27(15-13-26)25(29)22-17-24-21(11-16-31-24)28(22)18-19-7-3-2-4-8-19/h2-11,16-17H,12-15,18H2,1H3. The normalized spacial score (nSPS) is 14.2. The Morgan fingerprint density at radius 2 is 1.71 bits per heavy atom. The third kappa shape index (κ3) is 3.79. The topological polar surface area (TPSA) is 37.7 Å². The molecule has 0 bridgehead atoms. The van der Waals surface area contributed by atoms with E-state index in [1.54, 1.807) is 18.4 Å². The van der Waals surface area contributed by atoms with E-state index >= 15 is 0 Å². The fraction of sp³-hybridized carbons (Fsp3) is 0.240. The number of aromatic nitrogens is 1. The lowest BCUT2D eigenvalue weighted by Crippen LogP contribution is -2.49. The summed E-state index contributed by atoms with van der Waals surface area (Å²) in [5.41, 5.74) is 4.19. The predicted octanol–water partition coefficient (Wildman–Crippen LogP) is 4.72. The van der Waals surface area contributed by atoms with Crippen LogP contribution in [0.15, 0.2) is 72.1 Å². The summed E-state index contributed by atoms with van der Waals surface area (Å²) in [6, 6.07) is 22.6. The highest BCUT2D eigenvalue weighted by Crippen LogP contribution is 2.30. The van der Waals surface area contributed by atoms with Gasteiger partial charge >= 0.3 is 0 Å². The van der Waals surface area contributed by atoms with Gasteiger partial charge in [-0.3, -0.25) is 4.79 Å². The number of carbonyl (C=O) groups is 1. The molecule has 31 heavy (non-hydrogen) atoms. The van der Waals surface area contributed by atoms with Gasteiger partial charge in [-0.25, -0.2) is 0 Å². The number of benzene rings is 2. The number of amides is 1. The summed E-state index contributed by atoms with van der Waals surface area (Å²) in [4.78, 5) is 17.8. The minimum absolute atomic E-state index is 0.110. The molecule has 0 saturated carbocycles. The minimum Gasteiger partial charge on any atom is -0.495 e. The first-order valence-corrected chi connectivity index (χ1v) is 11.4. The smallest absolute Gasteiger partial charge is 0.270 e. The van der Waals surface area contributed by atoms with Gasteiger partial charge in [0.05, 0.1) is 23.0 Å². The monoisotopic (exact) mass is 431 g/mol. The molecule has 0 atom stereocenters. The van der Waals surface area contributed by atoms with Crippen molar-refractivity contribution < 1.29 is 9.53 Å². The van der Waals surface area contributed by atoms with Gasteiger partial charge in [-0.2, -0.15) is 0 Å². The molecule has 6 heteroatoms. The molecule has 1 aliphatic heterocycles. The van der Waals surface area contributed by atoms with Crippen molar-refractivity contribution in [2.24, 2.45) is 0 Å². The number of nitrogens with zero attached hydrogens (tertiary/aromatic N) is 3. The molecule has 1 amide bonds. The molecule has 0 radical (unpaired) electrons. The van der Waals surface area contributed by atoms with Gasteiger partial charge in [0.1, 0.15) is 11.4 Å². The van der Waals surface area contributed by atoms with E-state index in [2.05, 4.69) is 45.2 Å². The van der Waals surface area contributed by atoms with Crippen LogP contribution in [0.5, 0.6) is 5.75 Å². The molecule has 5 nitrogen and oxygen atoms in total. The maximum atomic E-state index is 13.5. The quantitative estimate of drug-likeness (QED) is 0.459. The van der Waals surface area contributed by atoms with Crippen molar-refractivity contribution in [1.82, 2.24) is 9.47 Å². The van der Waals surface area contributed by atoms with E-state index < -0.39 is 0 Å². The zero-order valence-electron chi connectivity index (χ0n) is 17.5. The lowest BCUT2D eigenvalue weighted by atomic mass is 10.2. The molecule has 0 aliphatic carbocycles. The highest BCUT2D eigenvalue weighted by Gasteiger charge is 2.26. The Labute approximate surface area is 186 Å². The lowest BCUT2D eigenvalue weighted by Gasteiger charge is -2.36. The van der Waals surface area contributed by atoms with Crippen LogP contribution in [-0.2, 0) is 6.54 Å². The average Bonchev–Trinajstić information content (AvgIpc) is 3.42. The Hall–Kier alpha value is -3.25. The van der Waals surface area contributed by atoms with E-state index in [-0.39, 0.29) is 5.91 Å². The third-order valence-corrected chi connectivity index (χ3v) is 6.77. The fourth-order valence-corrected chi connectivity index (χ4v) is 5.12. The largest absolute Gasteiger partial charge is 0.495 e. The van der Waals surface area contributed by atoms with Gasteiger partial charge in [-0.1, -0.05) is 42.5 Å². The number of rotatable bonds is 5. The first kappa shape index (κ1) is 19.7. The van der Waals surface area contributed by atoms with Gasteiger partial charge in [0.2, 0.25) is 0 Å². The maximum absolute atomic E-state index is 13.5. The summed E-state index contributed by atoms with van der Waals surface area (Å²) in [6.07, 6.45) is 0. The van der Waals surface area contributed by atoms with Crippen LogP contribution in [0.25, 0.3) is 10.2 Å². The molecule has 1 saturated heterocycles. The summed E-state index contributed by atoms with van der Waals surface area (Å²) in [6.45, 7) is 3.67. The molecule has 2 aromatic heterocycles. The van der Waals surface area contributed by atoms with Crippen molar-refractivity contribution in [3.8, 4) is 5.75 Å². The van der Waals surface area contributed by atoms with Gasteiger partial charge in [0.25, 0.3) is 5.91 Å². The molecule has 2 aromatic carbocycles. The Morgan fingerprint density at radius 1 is 0.968 bits per heavy atom. The molecule has 5 rings (SSSR count). The van der Waals surface area contributed by atoms with Crippen molar-refractivity contribution in [3.63, 3.8) is 0 Å². The number of fused-ring (bicyclic) bond motifs is 1. The molecular formula is C25H25N3O2S. The molecule has 1 fully saturated rings. The van der Waals surface area contributed by atoms with Gasteiger partial charge in [0.15, 0.2) is 0 Å². The molecule has 4 aromatic rings. The number of carbonyl (C=O) groups excluding carboxylic acids is 1.